The Bertz CT molecular complexity index is 753. The number of aryl methyl sites for hydroxylation is 1. The summed E-state index contributed by atoms with van der Waals surface area (Å²) in [5.41, 5.74) is 3.66. The third kappa shape index (κ3) is 3.93. The van der Waals surface area contributed by atoms with E-state index in [1.165, 1.54) is 11.3 Å². The van der Waals surface area contributed by atoms with E-state index in [-0.39, 0.29) is 11.9 Å². The number of fused-ring (bicyclic) bond motifs is 1. The van der Waals surface area contributed by atoms with E-state index < -0.39 is 0 Å². The second-order valence-electron chi connectivity index (χ2n) is 6.80. The van der Waals surface area contributed by atoms with Crippen molar-refractivity contribution in [1.29, 1.82) is 5.26 Å². The molecule has 1 amide bonds. The van der Waals surface area contributed by atoms with E-state index in [4.69, 9.17) is 10.4 Å². The van der Waals surface area contributed by atoms with Crippen LogP contribution in [0.15, 0.2) is 23.8 Å². The molecule has 0 bridgehead atoms. The van der Waals surface area contributed by atoms with Gasteiger partial charge in [-0.15, -0.1) is 0 Å². The van der Waals surface area contributed by atoms with Crippen LogP contribution in [0, 0.1) is 11.3 Å². The van der Waals surface area contributed by atoms with Crippen molar-refractivity contribution >= 4 is 11.7 Å². The number of nitriles is 1. The van der Waals surface area contributed by atoms with Gasteiger partial charge in [-0.2, -0.15) is 10.4 Å². The number of carbonyl (C=O) groups is 1. The van der Waals surface area contributed by atoms with Gasteiger partial charge in [-0.05, 0) is 19.8 Å². The second-order valence-corrected chi connectivity index (χ2v) is 6.80. The predicted molar refractivity (Wildman–Crippen MR) is 96.8 cm³/mol. The number of hydrogen-bond donors (Lipinski definition) is 1. The van der Waals surface area contributed by atoms with Crippen molar-refractivity contribution in [2.45, 2.75) is 58.7 Å². The fourth-order valence-electron chi connectivity index (χ4n) is 3.48. The van der Waals surface area contributed by atoms with Crippen LogP contribution in [0.3, 0.4) is 0 Å². The molecule has 0 aromatic carbocycles. The summed E-state index contributed by atoms with van der Waals surface area (Å²) in [6.45, 7) is 5.84. The Morgan fingerprint density at radius 2 is 2.36 bits per heavy atom. The third-order valence-electron chi connectivity index (χ3n) is 4.83. The van der Waals surface area contributed by atoms with Crippen molar-refractivity contribution in [2.24, 2.45) is 0 Å². The summed E-state index contributed by atoms with van der Waals surface area (Å²) < 4.78 is 2.03. The summed E-state index contributed by atoms with van der Waals surface area (Å²) in [5, 5.41) is 17.1. The molecule has 1 unspecified atom stereocenters. The van der Waals surface area contributed by atoms with E-state index >= 15 is 0 Å². The predicted octanol–water partition coefficient (Wildman–Crippen LogP) is 2.78. The smallest absolute Gasteiger partial charge is 0.219 e. The molecule has 0 saturated carbocycles. The fraction of sp³-hybridized carbons (Fsp3) is 0.526. The van der Waals surface area contributed by atoms with Gasteiger partial charge >= 0.3 is 0 Å². The maximum Gasteiger partial charge on any atom is 0.219 e. The molecule has 2 heterocycles. The lowest BCUT2D eigenvalue weighted by molar-refractivity contribution is -0.129. The van der Waals surface area contributed by atoms with E-state index in [9.17, 15) is 4.79 Å². The Morgan fingerprint density at radius 1 is 1.52 bits per heavy atom. The Kier molecular flexibility index (Phi) is 5.22. The summed E-state index contributed by atoms with van der Waals surface area (Å²) in [4.78, 5) is 13.7. The van der Waals surface area contributed by atoms with Gasteiger partial charge in [0.15, 0.2) is 5.82 Å². The summed E-state index contributed by atoms with van der Waals surface area (Å²) >= 11 is 0. The van der Waals surface area contributed by atoms with Crippen LogP contribution in [0.1, 0.15) is 44.4 Å². The molecule has 6 nitrogen and oxygen atoms in total. The zero-order chi connectivity index (χ0) is 17.8. The number of aromatic nitrogens is 2. The minimum Gasteiger partial charge on any atom is -0.362 e. The molecule has 0 radical (unpaired) electrons. The van der Waals surface area contributed by atoms with Crippen molar-refractivity contribution < 1.29 is 4.79 Å². The lowest BCUT2D eigenvalue weighted by atomic mass is 10.0. The molecule has 1 aromatic rings. The average molecular weight is 339 g/mol. The molecule has 0 saturated heterocycles. The minimum atomic E-state index is 0.102. The van der Waals surface area contributed by atoms with Gasteiger partial charge in [0.25, 0.3) is 0 Å². The Balaban J connectivity index is 1.83. The van der Waals surface area contributed by atoms with Gasteiger partial charge in [0.05, 0.1) is 12.6 Å². The number of hydrogen-bond acceptors (Lipinski definition) is 4. The minimum absolute atomic E-state index is 0.102. The summed E-state index contributed by atoms with van der Waals surface area (Å²) in [7, 11) is 0. The first-order chi connectivity index (χ1) is 12.1. The molecule has 1 N–H and O–H groups in total. The van der Waals surface area contributed by atoms with Crippen LogP contribution >= 0.6 is 0 Å². The van der Waals surface area contributed by atoms with E-state index in [2.05, 4.69) is 36.5 Å². The van der Waals surface area contributed by atoms with Crippen molar-refractivity contribution in [3.05, 3.63) is 35.1 Å². The highest BCUT2D eigenvalue weighted by molar-refractivity contribution is 5.74. The first kappa shape index (κ1) is 17.3. The highest BCUT2D eigenvalue weighted by atomic mass is 16.2. The highest BCUT2D eigenvalue weighted by Gasteiger charge is 2.27. The summed E-state index contributed by atoms with van der Waals surface area (Å²) in [6.07, 6.45) is 9.47. The first-order valence-corrected chi connectivity index (χ1v) is 8.90. The molecule has 25 heavy (non-hydrogen) atoms. The number of allylic oxidation sites excluding steroid dienone is 2. The zero-order valence-corrected chi connectivity index (χ0v) is 15.0. The van der Waals surface area contributed by atoms with Gasteiger partial charge in [0.1, 0.15) is 0 Å². The topological polar surface area (TPSA) is 74.0 Å². The number of rotatable bonds is 5. The number of carbonyl (C=O) groups excluding carboxylic acids is 1. The van der Waals surface area contributed by atoms with Gasteiger partial charge in [-0.3, -0.25) is 9.48 Å². The summed E-state index contributed by atoms with van der Waals surface area (Å²) in [5.74, 6) is 0.979. The van der Waals surface area contributed by atoms with Crippen LogP contribution in [0.25, 0.3) is 0 Å². The molecule has 6 heteroatoms. The van der Waals surface area contributed by atoms with Crippen LogP contribution in [0.2, 0.25) is 0 Å². The molecule has 1 atom stereocenters. The van der Waals surface area contributed by atoms with Gasteiger partial charge in [-0.25, -0.2) is 0 Å². The molecule has 0 fully saturated rings. The van der Waals surface area contributed by atoms with Crippen LogP contribution in [0.5, 0.6) is 0 Å². The van der Waals surface area contributed by atoms with Gasteiger partial charge in [0.2, 0.25) is 5.91 Å². The molecule has 132 valence electrons. The normalized spacial score (nSPS) is 19.2. The second kappa shape index (κ2) is 7.56. The monoisotopic (exact) mass is 339 g/mol. The molecular formula is C19H25N5O. The molecule has 3 rings (SSSR count). The van der Waals surface area contributed by atoms with E-state index in [0.29, 0.717) is 13.0 Å². The lowest BCUT2D eigenvalue weighted by Gasteiger charge is -2.27. The SMILES string of the molecule is CC(=O)N1CCc2c(c(NC3C=CC=C(C)C3)nn2CCCC#N)C1. The first-order valence-electron chi connectivity index (χ1n) is 8.90. The molecule has 0 spiro atoms. The Hall–Kier alpha value is -2.55. The van der Waals surface area contributed by atoms with Crippen LogP contribution in [0.4, 0.5) is 5.82 Å². The molecular weight excluding hydrogens is 314 g/mol. The summed E-state index contributed by atoms with van der Waals surface area (Å²) in [6, 6.07) is 2.42. The van der Waals surface area contributed by atoms with Crippen molar-refractivity contribution in [3.8, 4) is 6.07 Å². The van der Waals surface area contributed by atoms with Gasteiger partial charge < -0.3 is 10.2 Å². The van der Waals surface area contributed by atoms with Crippen molar-refractivity contribution in [1.82, 2.24) is 14.7 Å². The number of anilines is 1. The number of nitrogens with one attached hydrogen (secondary N) is 1. The standard InChI is InChI=1S/C19H25N5O/c1-14-6-5-7-16(12-14)21-19-17-13-23(15(2)25)11-8-18(17)24(22-19)10-4-3-9-20/h5-7,16H,3-4,8,10-13H2,1-2H3,(H,21,22). The maximum atomic E-state index is 11.8. The lowest BCUT2D eigenvalue weighted by Crippen LogP contribution is -2.35. The zero-order valence-electron chi connectivity index (χ0n) is 15.0. The molecule has 2 aliphatic rings. The quantitative estimate of drug-likeness (QED) is 0.837. The number of amides is 1. The average Bonchev–Trinajstić information content (AvgIpc) is 2.92. The van der Waals surface area contributed by atoms with Crippen molar-refractivity contribution in [3.63, 3.8) is 0 Å². The molecule has 1 aromatic heterocycles. The van der Waals surface area contributed by atoms with E-state index in [1.54, 1.807) is 6.92 Å². The molecule has 1 aliphatic carbocycles. The largest absolute Gasteiger partial charge is 0.362 e. The highest BCUT2D eigenvalue weighted by Crippen LogP contribution is 2.28. The Morgan fingerprint density at radius 3 is 3.08 bits per heavy atom. The fourth-order valence-corrected chi connectivity index (χ4v) is 3.48. The van der Waals surface area contributed by atoms with Crippen LogP contribution < -0.4 is 5.32 Å². The Labute approximate surface area is 148 Å². The number of unbranched alkanes of at least 4 members (excludes halogenated alkanes) is 1. The van der Waals surface area contributed by atoms with Crippen molar-refractivity contribution in [2.75, 3.05) is 11.9 Å². The van der Waals surface area contributed by atoms with Gasteiger partial charge in [0, 0.05) is 50.2 Å². The van der Waals surface area contributed by atoms with E-state index in [0.717, 1.165) is 43.7 Å². The van der Waals surface area contributed by atoms with Gasteiger partial charge in [-0.1, -0.05) is 23.8 Å². The van der Waals surface area contributed by atoms with Crippen LogP contribution in [-0.2, 0) is 24.3 Å². The molecule has 1 aliphatic heterocycles. The third-order valence-corrected chi connectivity index (χ3v) is 4.83. The number of nitrogens with zero attached hydrogens (tertiary/aromatic N) is 4. The van der Waals surface area contributed by atoms with E-state index in [1.807, 2.05) is 9.58 Å². The maximum absolute atomic E-state index is 11.8. The van der Waals surface area contributed by atoms with Crippen LogP contribution in [-0.4, -0.2) is 33.2 Å².